The van der Waals surface area contributed by atoms with Crippen molar-refractivity contribution in [2.45, 2.75) is 0 Å². The van der Waals surface area contributed by atoms with Crippen LogP contribution in [0.4, 0.5) is 51.7 Å². The van der Waals surface area contributed by atoms with Crippen LogP contribution in [0.3, 0.4) is 0 Å². The number of halogens is 1. The Morgan fingerprint density at radius 2 is 1.44 bits per heavy atom. The molecule has 14 nitrogen and oxygen atoms in total. The number of fused-ring (bicyclic) bond motifs is 2. The fourth-order valence-electron chi connectivity index (χ4n) is 5.44. The average Bonchev–Trinajstić information content (AvgIpc) is 3.17. The molecule has 6 rings (SSSR count). The van der Waals surface area contributed by atoms with Crippen LogP contribution in [0.2, 0.25) is 5.28 Å². The van der Waals surface area contributed by atoms with Gasteiger partial charge in [0.05, 0.1) is 12.2 Å². The zero-order valence-electron chi connectivity index (χ0n) is 30.5. The third kappa shape index (κ3) is 9.30. The first-order valence-electron chi connectivity index (χ1n) is 17.0. The number of phenolic OH excluding ortho intramolecular Hbond substituents is 1. The number of azo groups is 2. The highest BCUT2D eigenvalue weighted by Gasteiger charge is 2.12. The van der Waals surface area contributed by atoms with Crippen LogP contribution in [0.15, 0.2) is 147 Å². The Bertz CT molecular complexity index is 2500. The molecule has 55 heavy (non-hydrogen) atoms. The second-order valence-corrected chi connectivity index (χ2v) is 12.8. The molecule has 0 saturated heterocycles. The lowest BCUT2D eigenvalue weighted by atomic mass is 10.1. The number of rotatable bonds is 14. The van der Waals surface area contributed by atoms with Crippen molar-refractivity contribution in [3.8, 4) is 5.75 Å². The summed E-state index contributed by atoms with van der Waals surface area (Å²) < 4.78 is 0. The van der Waals surface area contributed by atoms with Gasteiger partial charge in [0.25, 0.3) is 0 Å². The third-order valence-corrected chi connectivity index (χ3v) is 8.42. The van der Waals surface area contributed by atoms with Crippen LogP contribution < -0.4 is 20.4 Å². The summed E-state index contributed by atoms with van der Waals surface area (Å²) in [6.07, 6.45) is 6.92. The van der Waals surface area contributed by atoms with Crippen LogP contribution in [-0.2, 0) is 0 Å². The number of nitrogens with one attached hydrogen (secondary N) is 2. The number of nitrogens with zero attached hydrogens (tertiary/aromatic N) is 10. The minimum atomic E-state index is -0.0272. The Labute approximate surface area is 322 Å². The molecule has 5 aromatic carbocycles. The Morgan fingerprint density at radius 3 is 2.09 bits per heavy atom. The van der Waals surface area contributed by atoms with Gasteiger partial charge in [0.15, 0.2) is 0 Å². The van der Waals surface area contributed by atoms with E-state index in [-0.39, 0.29) is 35.2 Å². The van der Waals surface area contributed by atoms with E-state index in [9.17, 15) is 10.0 Å². The average molecular weight is 753 g/mol. The second-order valence-electron chi connectivity index (χ2n) is 12.5. The van der Waals surface area contributed by atoms with Crippen molar-refractivity contribution in [3.63, 3.8) is 0 Å². The molecule has 0 aliphatic rings. The van der Waals surface area contributed by atoms with Crippen molar-refractivity contribution in [3.05, 3.63) is 132 Å². The smallest absolute Gasteiger partial charge is 0.233 e. The Hall–Kier alpha value is -7.06. The summed E-state index contributed by atoms with van der Waals surface area (Å²) in [6, 6.07) is 25.9. The monoisotopic (exact) mass is 752 g/mol. The van der Waals surface area contributed by atoms with Gasteiger partial charge < -0.3 is 25.5 Å². The lowest BCUT2D eigenvalue weighted by Gasteiger charge is -2.14. The molecular formula is C40H37ClN12O2. The number of hydrogen-bond acceptors (Lipinski definition) is 14. The number of benzene rings is 5. The fraction of sp³-hybridized carbons (Fsp3) is 0.125. The number of nitroso groups, excluding NO2 is 1. The number of anilines is 5. The fourth-order valence-corrected chi connectivity index (χ4v) is 5.60. The first-order valence-corrected chi connectivity index (χ1v) is 17.3. The minimum absolute atomic E-state index is 0.0272. The van der Waals surface area contributed by atoms with Gasteiger partial charge in [-0.15, -0.1) is 10.0 Å². The highest BCUT2D eigenvalue weighted by atomic mass is 35.5. The van der Waals surface area contributed by atoms with Gasteiger partial charge in [-0.25, -0.2) is 0 Å². The number of aromatic nitrogens is 3. The van der Waals surface area contributed by atoms with E-state index in [1.807, 2.05) is 86.5 Å². The zero-order valence-corrected chi connectivity index (χ0v) is 31.3. The summed E-state index contributed by atoms with van der Waals surface area (Å²) >= 11 is 6.27. The second kappa shape index (κ2) is 17.2. The van der Waals surface area contributed by atoms with E-state index in [4.69, 9.17) is 11.6 Å². The normalized spacial score (nSPS) is 11.9. The van der Waals surface area contributed by atoms with Crippen LogP contribution in [0.25, 0.3) is 21.5 Å². The first kappa shape index (κ1) is 37.7. The maximum absolute atomic E-state index is 11.6. The van der Waals surface area contributed by atoms with Crippen molar-refractivity contribution in [1.29, 1.82) is 0 Å². The molecule has 6 aromatic rings. The van der Waals surface area contributed by atoms with Crippen LogP contribution in [0.5, 0.6) is 5.75 Å². The topological polar surface area (TPSA) is 168 Å². The van der Waals surface area contributed by atoms with E-state index in [0.29, 0.717) is 28.4 Å². The highest BCUT2D eigenvalue weighted by Crippen LogP contribution is 2.39. The Morgan fingerprint density at radius 1 is 0.800 bits per heavy atom. The molecule has 0 aliphatic carbocycles. The van der Waals surface area contributed by atoms with Gasteiger partial charge in [0, 0.05) is 61.7 Å². The maximum Gasteiger partial charge on any atom is 0.233 e. The van der Waals surface area contributed by atoms with Crippen LogP contribution in [0, 0.1) is 4.91 Å². The summed E-state index contributed by atoms with van der Waals surface area (Å²) in [5, 5.41) is 40.8. The lowest BCUT2D eigenvalue weighted by Crippen LogP contribution is -2.07. The molecule has 0 spiro atoms. The quantitative estimate of drug-likeness (QED) is 0.0557. The van der Waals surface area contributed by atoms with Crippen molar-refractivity contribution >= 4 is 84.9 Å². The van der Waals surface area contributed by atoms with Gasteiger partial charge in [-0.2, -0.15) is 30.3 Å². The Balaban J connectivity index is 1.12. The van der Waals surface area contributed by atoms with Crippen molar-refractivity contribution in [1.82, 2.24) is 15.0 Å². The molecule has 0 radical (unpaired) electrons. The molecule has 0 saturated carbocycles. The van der Waals surface area contributed by atoms with Crippen LogP contribution in [-0.4, -0.2) is 54.8 Å². The molecular weight excluding hydrogens is 716 g/mol. The van der Waals surface area contributed by atoms with Crippen molar-refractivity contribution in [2.24, 2.45) is 25.6 Å². The van der Waals surface area contributed by atoms with Crippen LogP contribution in [0.1, 0.15) is 0 Å². The SMILES string of the molecule is C=C/C=C(\C=C/CN=Nc1c(O)ccc2ccc(N(C)C)cc12)Nc1nc(Cl)nc(Nc2ccc(N=Nc3c(N=O)ccc4ccc(N(C)C)cc34)cc2)n1. The summed E-state index contributed by atoms with van der Waals surface area (Å²) in [4.78, 5) is 28.4. The predicted octanol–water partition coefficient (Wildman–Crippen LogP) is 11.0. The molecule has 15 heteroatoms. The number of phenols is 1. The van der Waals surface area contributed by atoms with E-state index < -0.39 is 0 Å². The van der Waals surface area contributed by atoms with Gasteiger partial charge >= 0.3 is 0 Å². The van der Waals surface area contributed by atoms with E-state index in [2.05, 4.69) is 57.8 Å². The van der Waals surface area contributed by atoms with Gasteiger partial charge in [-0.05, 0) is 100 Å². The first-order chi connectivity index (χ1) is 26.6. The van der Waals surface area contributed by atoms with E-state index in [1.54, 1.807) is 60.7 Å². The van der Waals surface area contributed by atoms with Crippen molar-refractivity contribution < 1.29 is 5.11 Å². The van der Waals surface area contributed by atoms with E-state index in [0.717, 1.165) is 32.9 Å². The summed E-state index contributed by atoms with van der Waals surface area (Å²) in [5.41, 5.74) is 4.75. The molecule has 276 valence electrons. The minimum Gasteiger partial charge on any atom is -0.506 e. The largest absolute Gasteiger partial charge is 0.506 e. The molecule has 0 aliphatic heterocycles. The lowest BCUT2D eigenvalue weighted by molar-refractivity contribution is 0.477. The molecule has 3 N–H and O–H groups in total. The maximum atomic E-state index is 11.6. The number of allylic oxidation sites excluding steroid dienone is 3. The van der Waals surface area contributed by atoms with E-state index in [1.165, 1.54) is 0 Å². The van der Waals surface area contributed by atoms with Crippen molar-refractivity contribution in [2.75, 3.05) is 55.2 Å². The Kier molecular flexibility index (Phi) is 11.8. The molecule has 0 bridgehead atoms. The predicted molar refractivity (Wildman–Crippen MR) is 223 cm³/mol. The molecule has 1 aromatic heterocycles. The molecule has 0 fully saturated rings. The highest BCUT2D eigenvalue weighted by molar-refractivity contribution is 6.28. The van der Waals surface area contributed by atoms with Crippen LogP contribution >= 0.6 is 11.6 Å². The number of hydrogen-bond donors (Lipinski definition) is 3. The molecule has 0 amide bonds. The van der Waals surface area contributed by atoms with Gasteiger partial charge in [0.2, 0.25) is 17.2 Å². The van der Waals surface area contributed by atoms with Gasteiger partial charge in [-0.3, -0.25) is 0 Å². The summed E-state index contributed by atoms with van der Waals surface area (Å²) in [5.74, 6) is 0.441. The summed E-state index contributed by atoms with van der Waals surface area (Å²) in [6.45, 7) is 4.02. The van der Waals surface area contributed by atoms with E-state index >= 15 is 0 Å². The number of aromatic hydroxyl groups is 1. The van der Waals surface area contributed by atoms with Gasteiger partial charge in [-0.1, -0.05) is 43.0 Å². The molecule has 0 unspecified atom stereocenters. The summed E-state index contributed by atoms with van der Waals surface area (Å²) in [7, 11) is 7.79. The zero-order chi connectivity index (χ0) is 38.9. The molecule has 1 heterocycles. The standard InChI is InChI=1S/C40H37ClN12O2/c1-6-8-27(9-7-22-42-49-37-33-24-31(53(4)5)19-11-26(33)13-21-35(37)54)43-39-45-38(41)46-40(47-39)44-28-14-16-29(17-15-28)48-50-36-32-23-30(52(2)3)18-10-25(32)12-20-34(36)51-55/h6-21,23-24,54H,1,22H2,2-5H3,(H2,43,44,45,46,47)/b9-7-,27-8+,49-42?,50-48?. The molecule has 0 atom stereocenters. The third-order valence-electron chi connectivity index (χ3n) is 8.25. The van der Waals surface area contributed by atoms with Gasteiger partial charge in [0.1, 0.15) is 22.8 Å².